The molecule has 0 aliphatic carbocycles. The quantitative estimate of drug-likeness (QED) is 0.714. The normalized spacial score (nSPS) is 11.4. The van der Waals surface area contributed by atoms with Gasteiger partial charge in [0.25, 0.3) is 0 Å². The standard InChI is InChI=1S/C14H24N2S/c1-5-9-16(12(3)4)11-14-8-7-13(17-14)10-15-6-2/h5,7-8,12,15H,1,6,9-11H2,2-4H3. The molecule has 1 aromatic rings. The second kappa shape index (κ2) is 7.64. The van der Waals surface area contributed by atoms with Gasteiger partial charge in [0, 0.05) is 35.4 Å². The molecule has 96 valence electrons. The summed E-state index contributed by atoms with van der Waals surface area (Å²) in [4.78, 5) is 5.29. The van der Waals surface area contributed by atoms with Crippen LogP contribution in [0.15, 0.2) is 24.8 Å². The van der Waals surface area contributed by atoms with E-state index in [0.29, 0.717) is 6.04 Å². The molecule has 0 bridgehead atoms. The van der Waals surface area contributed by atoms with Gasteiger partial charge in [0.15, 0.2) is 0 Å². The van der Waals surface area contributed by atoms with Crippen molar-refractivity contribution in [1.82, 2.24) is 10.2 Å². The Morgan fingerprint density at radius 1 is 1.41 bits per heavy atom. The molecule has 0 aromatic carbocycles. The first kappa shape index (κ1) is 14.4. The van der Waals surface area contributed by atoms with Crippen LogP contribution < -0.4 is 5.32 Å². The fourth-order valence-electron chi connectivity index (χ4n) is 1.67. The first-order valence-electron chi connectivity index (χ1n) is 6.30. The second-order valence-electron chi connectivity index (χ2n) is 4.46. The molecule has 17 heavy (non-hydrogen) atoms. The Bertz CT molecular complexity index is 331. The van der Waals surface area contributed by atoms with Crippen LogP contribution in [0.2, 0.25) is 0 Å². The number of thiophene rings is 1. The Balaban J connectivity index is 2.54. The molecule has 3 heteroatoms. The predicted molar refractivity (Wildman–Crippen MR) is 77.4 cm³/mol. The second-order valence-corrected chi connectivity index (χ2v) is 5.71. The van der Waals surface area contributed by atoms with Crippen molar-refractivity contribution < 1.29 is 0 Å². The largest absolute Gasteiger partial charge is 0.312 e. The Morgan fingerprint density at radius 2 is 2.12 bits per heavy atom. The Hall–Kier alpha value is -0.640. The van der Waals surface area contributed by atoms with Crippen LogP contribution in [0.3, 0.4) is 0 Å². The summed E-state index contributed by atoms with van der Waals surface area (Å²) in [5, 5.41) is 3.36. The molecule has 0 spiro atoms. The molecule has 0 amide bonds. The number of rotatable bonds is 8. The van der Waals surface area contributed by atoms with Crippen molar-refractivity contribution in [3.8, 4) is 0 Å². The lowest BCUT2D eigenvalue weighted by molar-refractivity contribution is 0.239. The van der Waals surface area contributed by atoms with E-state index in [2.05, 4.69) is 49.7 Å². The van der Waals surface area contributed by atoms with Gasteiger partial charge in [-0.05, 0) is 32.5 Å². The van der Waals surface area contributed by atoms with Crippen LogP contribution in [-0.4, -0.2) is 24.0 Å². The molecule has 0 radical (unpaired) electrons. The molecule has 0 saturated carbocycles. The molecule has 0 aliphatic rings. The Labute approximate surface area is 109 Å². The fourth-order valence-corrected chi connectivity index (χ4v) is 2.69. The summed E-state index contributed by atoms with van der Waals surface area (Å²) >= 11 is 1.91. The number of nitrogens with one attached hydrogen (secondary N) is 1. The Morgan fingerprint density at radius 3 is 2.71 bits per heavy atom. The van der Waals surface area contributed by atoms with Crippen LogP contribution in [0, 0.1) is 0 Å². The first-order valence-corrected chi connectivity index (χ1v) is 7.12. The van der Waals surface area contributed by atoms with Gasteiger partial charge in [0.2, 0.25) is 0 Å². The van der Waals surface area contributed by atoms with E-state index in [1.165, 1.54) is 9.75 Å². The van der Waals surface area contributed by atoms with Gasteiger partial charge in [-0.3, -0.25) is 4.90 Å². The monoisotopic (exact) mass is 252 g/mol. The van der Waals surface area contributed by atoms with Crippen LogP contribution in [0.25, 0.3) is 0 Å². The fraction of sp³-hybridized carbons (Fsp3) is 0.571. The number of hydrogen-bond donors (Lipinski definition) is 1. The molecule has 0 saturated heterocycles. The van der Waals surface area contributed by atoms with E-state index in [-0.39, 0.29) is 0 Å². The van der Waals surface area contributed by atoms with Gasteiger partial charge in [-0.25, -0.2) is 0 Å². The van der Waals surface area contributed by atoms with Gasteiger partial charge in [0.05, 0.1) is 0 Å². The van der Waals surface area contributed by atoms with E-state index >= 15 is 0 Å². The van der Waals surface area contributed by atoms with E-state index in [9.17, 15) is 0 Å². The van der Waals surface area contributed by atoms with Crippen molar-refractivity contribution >= 4 is 11.3 Å². The van der Waals surface area contributed by atoms with E-state index in [0.717, 1.165) is 26.2 Å². The number of hydrogen-bond acceptors (Lipinski definition) is 3. The van der Waals surface area contributed by atoms with Gasteiger partial charge in [-0.15, -0.1) is 17.9 Å². The molecular formula is C14H24N2S. The first-order chi connectivity index (χ1) is 8.17. The molecule has 0 unspecified atom stereocenters. The summed E-state index contributed by atoms with van der Waals surface area (Å²) in [6, 6.07) is 5.04. The van der Waals surface area contributed by atoms with Crippen molar-refractivity contribution in [2.45, 2.75) is 39.9 Å². The predicted octanol–water partition coefficient (Wildman–Crippen LogP) is 3.25. The van der Waals surface area contributed by atoms with Gasteiger partial charge >= 0.3 is 0 Å². The van der Waals surface area contributed by atoms with Gasteiger partial charge < -0.3 is 5.32 Å². The lowest BCUT2D eigenvalue weighted by atomic mass is 10.3. The van der Waals surface area contributed by atoms with Crippen LogP contribution >= 0.6 is 11.3 Å². The van der Waals surface area contributed by atoms with Gasteiger partial charge in [-0.2, -0.15) is 0 Å². The smallest absolute Gasteiger partial charge is 0.0334 e. The molecule has 0 fully saturated rings. The van der Waals surface area contributed by atoms with E-state index in [1.54, 1.807) is 0 Å². The van der Waals surface area contributed by atoms with Gasteiger partial charge in [-0.1, -0.05) is 13.0 Å². The summed E-state index contributed by atoms with van der Waals surface area (Å²) in [7, 11) is 0. The highest BCUT2D eigenvalue weighted by atomic mass is 32.1. The lowest BCUT2D eigenvalue weighted by Crippen LogP contribution is -2.29. The van der Waals surface area contributed by atoms with E-state index < -0.39 is 0 Å². The zero-order valence-corrected chi connectivity index (χ0v) is 12.0. The third-order valence-electron chi connectivity index (χ3n) is 2.72. The van der Waals surface area contributed by atoms with Crippen molar-refractivity contribution in [2.75, 3.05) is 13.1 Å². The molecule has 1 aromatic heterocycles. The highest BCUT2D eigenvalue weighted by molar-refractivity contribution is 7.11. The summed E-state index contributed by atoms with van der Waals surface area (Å²) in [5.74, 6) is 0. The van der Waals surface area contributed by atoms with Gasteiger partial charge in [0.1, 0.15) is 0 Å². The zero-order valence-electron chi connectivity index (χ0n) is 11.2. The average molecular weight is 252 g/mol. The summed E-state index contributed by atoms with van der Waals surface area (Å²) in [6.07, 6.45) is 1.98. The summed E-state index contributed by atoms with van der Waals surface area (Å²) < 4.78 is 0. The zero-order chi connectivity index (χ0) is 12.7. The Kier molecular flexibility index (Phi) is 6.48. The SMILES string of the molecule is C=CCN(Cc1ccc(CNCC)s1)C(C)C. The van der Waals surface area contributed by atoms with Crippen LogP contribution in [0.1, 0.15) is 30.5 Å². The minimum absolute atomic E-state index is 0.562. The molecule has 0 aliphatic heterocycles. The highest BCUT2D eigenvalue weighted by Crippen LogP contribution is 2.19. The van der Waals surface area contributed by atoms with E-state index in [1.807, 2.05) is 17.4 Å². The maximum absolute atomic E-state index is 3.82. The molecule has 2 nitrogen and oxygen atoms in total. The van der Waals surface area contributed by atoms with Crippen LogP contribution in [0.5, 0.6) is 0 Å². The summed E-state index contributed by atoms with van der Waals surface area (Å²) in [6.45, 7) is 14.4. The molecule has 0 atom stereocenters. The van der Waals surface area contributed by atoms with Crippen molar-refractivity contribution in [3.63, 3.8) is 0 Å². The lowest BCUT2D eigenvalue weighted by Gasteiger charge is -2.24. The molecule has 1 heterocycles. The number of nitrogens with zero attached hydrogens (tertiary/aromatic N) is 1. The molecule has 1 rings (SSSR count). The van der Waals surface area contributed by atoms with Crippen LogP contribution in [-0.2, 0) is 13.1 Å². The minimum atomic E-state index is 0.562. The highest BCUT2D eigenvalue weighted by Gasteiger charge is 2.09. The molecule has 1 N–H and O–H groups in total. The van der Waals surface area contributed by atoms with Crippen molar-refractivity contribution in [1.29, 1.82) is 0 Å². The third-order valence-corrected chi connectivity index (χ3v) is 3.79. The minimum Gasteiger partial charge on any atom is -0.312 e. The van der Waals surface area contributed by atoms with Crippen molar-refractivity contribution in [3.05, 3.63) is 34.5 Å². The third kappa shape index (κ3) is 5.02. The maximum atomic E-state index is 3.82. The maximum Gasteiger partial charge on any atom is 0.0334 e. The average Bonchev–Trinajstić information content (AvgIpc) is 2.73. The van der Waals surface area contributed by atoms with Crippen molar-refractivity contribution in [2.24, 2.45) is 0 Å². The molecular weight excluding hydrogens is 228 g/mol. The summed E-state index contributed by atoms with van der Waals surface area (Å²) in [5.41, 5.74) is 0. The van der Waals surface area contributed by atoms with E-state index in [4.69, 9.17) is 0 Å². The van der Waals surface area contributed by atoms with Crippen LogP contribution in [0.4, 0.5) is 0 Å². The topological polar surface area (TPSA) is 15.3 Å².